The molecule has 1 aromatic heterocycles. The lowest BCUT2D eigenvalue weighted by Gasteiger charge is -2.16. The molecule has 0 saturated heterocycles. The number of aliphatic hydroxyl groups is 1. The lowest BCUT2D eigenvalue weighted by Crippen LogP contribution is -2.07. The zero-order valence-corrected chi connectivity index (χ0v) is 10.8. The van der Waals surface area contributed by atoms with Gasteiger partial charge in [-0.15, -0.1) is 0 Å². The van der Waals surface area contributed by atoms with Gasteiger partial charge in [-0.3, -0.25) is 4.98 Å². The standard InChI is InChI=1S/C15H17N2O2/c1-11(13-4-3-5-16-9-13)17-14-6-12(10-18)7-15(8-14)19-2/h3-9,11,17-18H,1,10H2,2H3. The molecule has 1 heterocycles. The summed E-state index contributed by atoms with van der Waals surface area (Å²) in [7, 11) is 1.60. The van der Waals surface area contributed by atoms with E-state index in [1.807, 2.05) is 24.3 Å². The normalized spacial score (nSPS) is 11.9. The Morgan fingerprint density at radius 3 is 2.89 bits per heavy atom. The third kappa shape index (κ3) is 3.45. The number of benzene rings is 1. The van der Waals surface area contributed by atoms with Gasteiger partial charge in [0.1, 0.15) is 5.75 Å². The molecular weight excluding hydrogens is 240 g/mol. The van der Waals surface area contributed by atoms with Gasteiger partial charge in [0.25, 0.3) is 0 Å². The van der Waals surface area contributed by atoms with E-state index in [4.69, 9.17) is 4.74 Å². The average Bonchev–Trinajstić information content (AvgIpc) is 2.47. The molecule has 1 radical (unpaired) electrons. The second kappa shape index (κ2) is 6.20. The SMILES string of the molecule is [CH2]C(Nc1cc(CO)cc(OC)c1)c1cccnc1. The molecule has 0 aliphatic heterocycles. The third-order valence-corrected chi connectivity index (χ3v) is 2.81. The number of rotatable bonds is 5. The van der Waals surface area contributed by atoms with Crippen molar-refractivity contribution >= 4 is 5.69 Å². The van der Waals surface area contributed by atoms with E-state index in [9.17, 15) is 5.11 Å². The minimum absolute atomic E-state index is 0.0272. The topological polar surface area (TPSA) is 54.4 Å². The van der Waals surface area contributed by atoms with E-state index >= 15 is 0 Å². The molecule has 0 amide bonds. The Balaban J connectivity index is 2.18. The van der Waals surface area contributed by atoms with E-state index in [0.29, 0.717) is 5.75 Å². The fraction of sp³-hybridized carbons (Fsp3) is 0.200. The van der Waals surface area contributed by atoms with Crippen LogP contribution < -0.4 is 10.1 Å². The van der Waals surface area contributed by atoms with Crippen LogP contribution in [-0.4, -0.2) is 17.2 Å². The van der Waals surface area contributed by atoms with E-state index in [1.165, 1.54) is 0 Å². The molecule has 0 aliphatic rings. The zero-order chi connectivity index (χ0) is 13.7. The van der Waals surface area contributed by atoms with E-state index in [2.05, 4.69) is 17.2 Å². The van der Waals surface area contributed by atoms with Crippen LogP contribution in [0.2, 0.25) is 0 Å². The van der Waals surface area contributed by atoms with Crippen LogP contribution in [0.5, 0.6) is 5.75 Å². The van der Waals surface area contributed by atoms with Crippen molar-refractivity contribution in [2.24, 2.45) is 0 Å². The number of pyridine rings is 1. The highest BCUT2D eigenvalue weighted by Crippen LogP contribution is 2.24. The Bertz CT molecular complexity index is 507. The lowest BCUT2D eigenvalue weighted by molar-refractivity contribution is 0.281. The molecule has 0 fully saturated rings. The number of aromatic nitrogens is 1. The van der Waals surface area contributed by atoms with E-state index < -0.39 is 0 Å². The van der Waals surface area contributed by atoms with Gasteiger partial charge in [-0.05, 0) is 36.2 Å². The largest absolute Gasteiger partial charge is 0.497 e. The molecule has 1 atom stereocenters. The quantitative estimate of drug-likeness (QED) is 0.864. The minimum Gasteiger partial charge on any atom is -0.497 e. The van der Waals surface area contributed by atoms with Crippen LogP contribution in [0.15, 0.2) is 42.7 Å². The Morgan fingerprint density at radius 2 is 2.26 bits per heavy atom. The number of aliphatic hydroxyl groups excluding tert-OH is 1. The van der Waals surface area contributed by atoms with Gasteiger partial charge in [0.15, 0.2) is 0 Å². The molecule has 0 spiro atoms. The summed E-state index contributed by atoms with van der Waals surface area (Å²) >= 11 is 0. The summed E-state index contributed by atoms with van der Waals surface area (Å²) in [5.41, 5.74) is 2.64. The van der Waals surface area contributed by atoms with Gasteiger partial charge in [-0.1, -0.05) is 6.07 Å². The monoisotopic (exact) mass is 257 g/mol. The minimum atomic E-state index is -0.118. The van der Waals surface area contributed by atoms with Gasteiger partial charge in [0.2, 0.25) is 0 Å². The fourth-order valence-corrected chi connectivity index (χ4v) is 1.82. The zero-order valence-electron chi connectivity index (χ0n) is 10.8. The van der Waals surface area contributed by atoms with Crippen LogP contribution in [0.4, 0.5) is 5.69 Å². The maximum atomic E-state index is 9.22. The maximum Gasteiger partial charge on any atom is 0.121 e. The van der Waals surface area contributed by atoms with E-state index in [1.54, 1.807) is 25.6 Å². The van der Waals surface area contributed by atoms with Crippen LogP contribution in [-0.2, 0) is 6.61 Å². The highest BCUT2D eigenvalue weighted by Gasteiger charge is 2.07. The lowest BCUT2D eigenvalue weighted by atomic mass is 10.1. The molecule has 2 aromatic rings. The number of hydrogen-bond acceptors (Lipinski definition) is 4. The number of methoxy groups -OCH3 is 1. The van der Waals surface area contributed by atoms with Crippen LogP contribution in [0.3, 0.4) is 0 Å². The summed E-state index contributed by atoms with van der Waals surface area (Å²) in [6.07, 6.45) is 3.50. The first kappa shape index (κ1) is 13.4. The van der Waals surface area contributed by atoms with Crippen molar-refractivity contribution in [3.8, 4) is 5.75 Å². The number of nitrogens with one attached hydrogen (secondary N) is 1. The molecule has 99 valence electrons. The van der Waals surface area contributed by atoms with Gasteiger partial charge in [-0.25, -0.2) is 0 Å². The van der Waals surface area contributed by atoms with E-state index in [-0.39, 0.29) is 12.6 Å². The summed E-state index contributed by atoms with van der Waals surface area (Å²) in [6, 6.07) is 9.26. The Labute approximate surface area is 113 Å². The van der Waals surface area contributed by atoms with E-state index in [0.717, 1.165) is 16.8 Å². The van der Waals surface area contributed by atoms with Gasteiger partial charge in [-0.2, -0.15) is 0 Å². The Morgan fingerprint density at radius 1 is 1.42 bits per heavy atom. The van der Waals surface area contributed by atoms with Gasteiger partial charge < -0.3 is 15.2 Å². The molecule has 2 N–H and O–H groups in total. The molecular formula is C15H17N2O2. The molecule has 0 bridgehead atoms. The van der Waals surface area contributed by atoms with Gasteiger partial charge in [0, 0.05) is 24.1 Å². The third-order valence-electron chi connectivity index (χ3n) is 2.81. The first-order chi connectivity index (χ1) is 9.22. The Kier molecular flexibility index (Phi) is 4.36. The van der Waals surface area contributed by atoms with Crippen LogP contribution in [0.25, 0.3) is 0 Å². The molecule has 2 rings (SSSR count). The summed E-state index contributed by atoms with van der Waals surface area (Å²) < 4.78 is 5.20. The van der Waals surface area contributed by atoms with Crippen molar-refractivity contribution in [3.63, 3.8) is 0 Å². The number of nitrogens with zero attached hydrogens (tertiary/aromatic N) is 1. The maximum absolute atomic E-state index is 9.22. The predicted octanol–water partition coefficient (Wildman–Crippen LogP) is 2.57. The fourth-order valence-electron chi connectivity index (χ4n) is 1.82. The molecule has 1 aromatic carbocycles. The summed E-state index contributed by atoms with van der Waals surface area (Å²) in [4.78, 5) is 4.07. The highest BCUT2D eigenvalue weighted by molar-refractivity contribution is 5.52. The van der Waals surface area contributed by atoms with Crippen molar-refractivity contribution in [1.29, 1.82) is 0 Å². The molecule has 0 saturated carbocycles. The van der Waals surface area contributed by atoms with Crippen molar-refractivity contribution < 1.29 is 9.84 Å². The summed E-state index contributed by atoms with van der Waals surface area (Å²) in [5.74, 6) is 0.701. The molecule has 19 heavy (non-hydrogen) atoms. The molecule has 4 nitrogen and oxygen atoms in total. The molecule has 0 aliphatic carbocycles. The molecule has 1 unspecified atom stereocenters. The van der Waals surface area contributed by atoms with Crippen LogP contribution >= 0.6 is 0 Å². The second-order valence-electron chi connectivity index (χ2n) is 4.21. The Hall–Kier alpha value is -2.07. The summed E-state index contributed by atoms with van der Waals surface area (Å²) in [6.45, 7) is 4.03. The number of hydrogen-bond donors (Lipinski definition) is 2. The first-order valence-corrected chi connectivity index (χ1v) is 6.01. The number of anilines is 1. The predicted molar refractivity (Wildman–Crippen MR) is 74.9 cm³/mol. The van der Waals surface area contributed by atoms with Crippen molar-refractivity contribution in [2.75, 3.05) is 12.4 Å². The van der Waals surface area contributed by atoms with Gasteiger partial charge >= 0.3 is 0 Å². The smallest absolute Gasteiger partial charge is 0.121 e. The van der Waals surface area contributed by atoms with Crippen LogP contribution in [0, 0.1) is 6.92 Å². The van der Waals surface area contributed by atoms with Crippen molar-refractivity contribution in [2.45, 2.75) is 12.6 Å². The van der Waals surface area contributed by atoms with Gasteiger partial charge in [0.05, 0.1) is 19.8 Å². The highest BCUT2D eigenvalue weighted by atomic mass is 16.5. The van der Waals surface area contributed by atoms with Crippen molar-refractivity contribution in [1.82, 2.24) is 4.98 Å². The number of ether oxygens (including phenoxy) is 1. The van der Waals surface area contributed by atoms with Crippen LogP contribution in [0.1, 0.15) is 17.2 Å². The first-order valence-electron chi connectivity index (χ1n) is 6.01. The average molecular weight is 257 g/mol. The van der Waals surface area contributed by atoms with Crippen molar-refractivity contribution in [3.05, 3.63) is 60.8 Å². The second-order valence-corrected chi connectivity index (χ2v) is 4.21. The molecule has 4 heteroatoms. The summed E-state index contributed by atoms with van der Waals surface area (Å²) in [5, 5.41) is 12.5.